The highest BCUT2D eigenvalue weighted by Crippen LogP contribution is 2.29. The van der Waals surface area contributed by atoms with E-state index in [4.69, 9.17) is 5.73 Å². The van der Waals surface area contributed by atoms with Gasteiger partial charge in [0.25, 0.3) is 0 Å². The summed E-state index contributed by atoms with van der Waals surface area (Å²) < 4.78 is 0. The SMILES string of the molecule is CN1CCc2ccc(NC(=O)CCN)cc21.Cl. The van der Waals surface area contributed by atoms with Gasteiger partial charge < -0.3 is 16.0 Å². The Bertz CT molecular complexity index is 409. The summed E-state index contributed by atoms with van der Waals surface area (Å²) in [5.74, 6) is -0.0249. The van der Waals surface area contributed by atoms with Gasteiger partial charge in [-0.25, -0.2) is 0 Å². The van der Waals surface area contributed by atoms with Crippen LogP contribution in [-0.4, -0.2) is 26.0 Å². The molecule has 0 spiro atoms. The van der Waals surface area contributed by atoms with Crippen LogP contribution in [0.5, 0.6) is 0 Å². The first kappa shape index (κ1) is 13.8. The topological polar surface area (TPSA) is 58.4 Å². The molecule has 0 saturated carbocycles. The number of hydrogen-bond donors (Lipinski definition) is 2. The zero-order valence-electron chi connectivity index (χ0n) is 9.90. The smallest absolute Gasteiger partial charge is 0.225 e. The Hall–Kier alpha value is -1.26. The maximum absolute atomic E-state index is 11.4. The standard InChI is InChI=1S/C12H17N3O.ClH/c1-15-7-5-9-2-3-10(8-11(9)15)14-12(16)4-6-13;/h2-3,8H,4-7,13H2,1H3,(H,14,16);1H. The number of nitrogens with zero attached hydrogens (tertiary/aromatic N) is 1. The lowest BCUT2D eigenvalue weighted by molar-refractivity contribution is -0.116. The minimum absolute atomic E-state index is 0. The van der Waals surface area contributed by atoms with Crippen molar-refractivity contribution in [2.24, 2.45) is 5.73 Å². The number of carbonyl (C=O) groups is 1. The lowest BCUT2D eigenvalue weighted by Crippen LogP contribution is -2.16. The van der Waals surface area contributed by atoms with E-state index in [1.165, 1.54) is 11.3 Å². The van der Waals surface area contributed by atoms with Gasteiger partial charge >= 0.3 is 0 Å². The van der Waals surface area contributed by atoms with E-state index in [1.54, 1.807) is 0 Å². The molecule has 1 aromatic rings. The van der Waals surface area contributed by atoms with Crippen molar-refractivity contribution in [2.45, 2.75) is 12.8 Å². The molecule has 1 aliphatic rings. The summed E-state index contributed by atoms with van der Waals surface area (Å²) in [6.45, 7) is 1.44. The van der Waals surface area contributed by atoms with Crippen molar-refractivity contribution in [2.75, 3.05) is 30.4 Å². The third kappa shape index (κ3) is 3.11. The van der Waals surface area contributed by atoms with Crippen molar-refractivity contribution in [3.63, 3.8) is 0 Å². The highest BCUT2D eigenvalue weighted by Gasteiger charge is 2.15. The van der Waals surface area contributed by atoms with Gasteiger partial charge in [-0.15, -0.1) is 12.4 Å². The molecule has 0 radical (unpaired) electrons. The average molecular weight is 256 g/mol. The second-order valence-corrected chi connectivity index (χ2v) is 4.10. The number of benzene rings is 1. The average Bonchev–Trinajstić information content (AvgIpc) is 2.61. The van der Waals surface area contributed by atoms with Crippen LogP contribution in [0.2, 0.25) is 0 Å². The highest BCUT2D eigenvalue weighted by molar-refractivity contribution is 5.91. The first-order valence-electron chi connectivity index (χ1n) is 5.54. The molecule has 1 heterocycles. The van der Waals surface area contributed by atoms with Crippen LogP contribution in [0.3, 0.4) is 0 Å². The van der Waals surface area contributed by atoms with Crippen molar-refractivity contribution in [1.29, 1.82) is 0 Å². The van der Waals surface area contributed by atoms with Gasteiger partial charge in [-0.3, -0.25) is 4.79 Å². The Labute approximate surface area is 108 Å². The van der Waals surface area contributed by atoms with Crippen molar-refractivity contribution in [3.05, 3.63) is 23.8 Å². The van der Waals surface area contributed by atoms with Crippen LogP contribution in [0.4, 0.5) is 11.4 Å². The fraction of sp³-hybridized carbons (Fsp3) is 0.417. The number of anilines is 2. The summed E-state index contributed by atoms with van der Waals surface area (Å²) in [6, 6.07) is 6.06. The molecule has 5 heteroatoms. The molecule has 0 unspecified atom stereocenters. The Kier molecular flexibility index (Phi) is 4.78. The van der Waals surface area contributed by atoms with Gasteiger partial charge in [0.1, 0.15) is 0 Å². The number of rotatable bonds is 3. The van der Waals surface area contributed by atoms with E-state index in [2.05, 4.69) is 23.3 Å². The van der Waals surface area contributed by atoms with Gasteiger partial charge in [-0.1, -0.05) is 6.07 Å². The molecule has 94 valence electrons. The molecule has 17 heavy (non-hydrogen) atoms. The van der Waals surface area contributed by atoms with E-state index >= 15 is 0 Å². The van der Waals surface area contributed by atoms with Crippen molar-refractivity contribution in [3.8, 4) is 0 Å². The number of halogens is 1. The molecule has 1 amide bonds. The second kappa shape index (κ2) is 5.89. The normalized spacial score (nSPS) is 12.9. The molecule has 3 N–H and O–H groups in total. The molecule has 1 aromatic carbocycles. The predicted octanol–water partition coefficient (Wildman–Crippen LogP) is 1.39. The second-order valence-electron chi connectivity index (χ2n) is 4.10. The third-order valence-electron chi connectivity index (χ3n) is 2.87. The molecule has 0 fully saturated rings. The summed E-state index contributed by atoms with van der Waals surface area (Å²) in [5.41, 5.74) is 8.74. The van der Waals surface area contributed by atoms with Crippen LogP contribution in [0, 0.1) is 0 Å². The Morgan fingerprint density at radius 2 is 2.29 bits per heavy atom. The predicted molar refractivity (Wildman–Crippen MR) is 73.0 cm³/mol. The first-order chi connectivity index (χ1) is 7.70. The molecular formula is C12H18ClN3O. The van der Waals surface area contributed by atoms with Crippen molar-refractivity contribution < 1.29 is 4.79 Å². The summed E-state index contributed by atoms with van der Waals surface area (Å²) in [7, 11) is 2.07. The molecule has 4 nitrogen and oxygen atoms in total. The number of carbonyl (C=O) groups excluding carboxylic acids is 1. The Morgan fingerprint density at radius 1 is 1.53 bits per heavy atom. The van der Waals surface area contributed by atoms with Gasteiger partial charge in [-0.2, -0.15) is 0 Å². The van der Waals surface area contributed by atoms with E-state index in [9.17, 15) is 4.79 Å². The lowest BCUT2D eigenvalue weighted by atomic mass is 10.1. The first-order valence-corrected chi connectivity index (χ1v) is 5.54. The van der Waals surface area contributed by atoms with E-state index in [0.717, 1.165) is 18.7 Å². The zero-order valence-corrected chi connectivity index (χ0v) is 10.7. The van der Waals surface area contributed by atoms with Crippen molar-refractivity contribution in [1.82, 2.24) is 0 Å². The zero-order chi connectivity index (χ0) is 11.5. The fourth-order valence-corrected chi connectivity index (χ4v) is 1.97. The van der Waals surface area contributed by atoms with Gasteiger partial charge in [0.05, 0.1) is 0 Å². The molecule has 0 bridgehead atoms. The number of nitrogens with one attached hydrogen (secondary N) is 1. The van der Waals surface area contributed by atoms with Crippen LogP contribution in [0.15, 0.2) is 18.2 Å². The minimum atomic E-state index is -0.0249. The summed E-state index contributed by atoms with van der Waals surface area (Å²) in [5, 5.41) is 2.85. The maximum atomic E-state index is 11.4. The molecule has 0 atom stereocenters. The Morgan fingerprint density at radius 3 is 3.00 bits per heavy atom. The lowest BCUT2D eigenvalue weighted by Gasteiger charge is -2.13. The fourth-order valence-electron chi connectivity index (χ4n) is 1.97. The highest BCUT2D eigenvalue weighted by atomic mass is 35.5. The summed E-state index contributed by atoms with van der Waals surface area (Å²) in [6.07, 6.45) is 1.45. The van der Waals surface area contributed by atoms with Gasteiger partial charge in [0.15, 0.2) is 0 Å². The maximum Gasteiger partial charge on any atom is 0.225 e. The largest absolute Gasteiger partial charge is 0.374 e. The van der Waals surface area contributed by atoms with Crippen LogP contribution in [0.25, 0.3) is 0 Å². The summed E-state index contributed by atoms with van der Waals surface area (Å²) in [4.78, 5) is 13.6. The van der Waals surface area contributed by atoms with Crippen LogP contribution in [-0.2, 0) is 11.2 Å². The van der Waals surface area contributed by atoms with Crippen LogP contribution >= 0.6 is 12.4 Å². The number of nitrogens with two attached hydrogens (primary N) is 1. The summed E-state index contributed by atoms with van der Waals surface area (Å²) >= 11 is 0. The molecule has 0 aromatic heterocycles. The van der Waals surface area contributed by atoms with E-state index < -0.39 is 0 Å². The monoisotopic (exact) mass is 255 g/mol. The number of hydrogen-bond acceptors (Lipinski definition) is 3. The molecule has 0 saturated heterocycles. The quantitative estimate of drug-likeness (QED) is 0.858. The Balaban J connectivity index is 0.00000144. The number of fused-ring (bicyclic) bond motifs is 1. The van der Waals surface area contributed by atoms with Crippen molar-refractivity contribution >= 4 is 29.7 Å². The molecule has 0 aliphatic carbocycles. The van der Waals surface area contributed by atoms with Gasteiger partial charge in [-0.05, 0) is 24.1 Å². The van der Waals surface area contributed by atoms with Gasteiger partial charge in [0, 0.05) is 37.9 Å². The molecular weight excluding hydrogens is 238 g/mol. The van der Waals surface area contributed by atoms with E-state index in [1.807, 2.05) is 12.1 Å². The van der Waals surface area contributed by atoms with Crippen LogP contribution in [0.1, 0.15) is 12.0 Å². The van der Waals surface area contributed by atoms with E-state index in [0.29, 0.717) is 13.0 Å². The minimum Gasteiger partial charge on any atom is -0.374 e. The van der Waals surface area contributed by atoms with Gasteiger partial charge in [0.2, 0.25) is 5.91 Å². The number of likely N-dealkylation sites (N-methyl/N-ethyl adjacent to an activating group) is 1. The molecule has 1 aliphatic heterocycles. The number of amides is 1. The third-order valence-corrected chi connectivity index (χ3v) is 2.87. The van der Waals surface area contributed by atoms with Crippen LogP contribution < -0.4 is 16.0 Å². The van der Waals surface area contributed by atoms with E-state index in [-0.39, 0.29) is 18.3 Å². The molecule has 2 rings (SSSR count).